The summed E-state index contributed by atoms with van der Waals surface area (Å²) in [6, 6.07) is 18.1. The van der Waals surface area contributed by atoms with E-state index in [1.807, 2.05) is 0 Å². The topological polar surface area (TPSA) is 0 Å². The molecule has 3 atom stereocenters. The third-order valence-corrected chi connectivity index (χ3v) is 7.31. The van der Waals surface area contributed by atoms with Crippen LogP contribution in [0.5, 0.6) is 0 Å². The Morgan fingerprint density at radius 3 is 2.48 bits per heavy atom. The van der Waals surface area contributed by atoms with Gasteiger partial charge in [-0.05, 0) is 60.3 Å². The monoisotopic (exact) mass is 418 g/mol. The number of hydrogen-bond acceptors (Lipinski definition) is 0. The fourth-order valence-electron chi connectivity index (χ4n) is 3.91. The predicted molar refractivity (Wildman–Crippen MR) is 114 cm³/mol. The minimum atomic E-state index is 0.229. The van der Waals surface area contributed by atoms with Crippen LogP contribution in [0.1, 0.15) is 62.5 Å². The first-order valence-electron chi connectivity index (χ1n) is 9.65. The third kappa shape index (κ3) is 4.89. The standard InChI is InChI=1S/C23H28BrCl/c1-2-3-4-7-17-10-12-18(13-11-17)20-8-5-6-9-21(20)19-14-15-22(24)23(25)16-19/h5-6,8-13,19,22-23H,2-4,7,14-16H2,1H3. The van der Waals surface area contributed by atoms with Crippen LogP contribution in [0, 0.1) is 0 Å². The number of benzene rings is 2. The van der Waals surface area contributed by atoms with Crippen LogP contribution in [0.15, 0.2) is 48.5 Å². The van der Waals surface area contributed by atoms with E-state index in [4.69, 9.17) is 11.6 Å². The number of halogens is 2. The first-order chi connectivity index (χ1) is 12.2. The summed E-state index contributed by atoms with van der Waals surface area (Å²) in [6.45, 7) is 2.26. The molecule has 1 aliphatic rings. The van der Waals surface area contributed by atoms with Crippen molar-refractivity contribution in [3.05, 3.63) is 59.7 Å². The van der Waals surface area contributed by atoms with Gasteiger partial charge in [-0.15, -0.1) is 11.6 Å². The zero-order chi connectivity index (χ0) is 17.6. The Kier molecular flexibility index (Phi) is 7.01. The first-order valence-corrected chi connectivity index (χ1v) is 11.0. The lowest BCUT2D eigenvalue weighted by Crippen LogP contribution is -2.24. The molecule has 0 spiro atoms. The lowest BCUT2D eigenvalue weighted by Gasteiger charge is -2.31. The molecule has 0 bridgehead atoms. The van der Waals surface area contributed by atoms with Crippen molar-refractivity contribution in [2.45, 2.75) is 68.0 Å². The summed E-state index contributed by atoms with van der Waals surface area (Å²) in [7, 11) is 0. The van der Waals surface area contributed by atoms with Crippen molar-refractivity contribution in [2.75, 3.05) is 0 Å². The molecule has 0 heterocycles. The highest BCUT2D eigenvalue weighted by molar-refractivity contribution is 9.09. The molecule has 25 heavy (non-hydrogen) atoms. The second kappa shape index (κ2) is 9.24. The van der Waals surface area contributed by atoms with Gasteiger partial charge < -0.3 is 0 Å². The van der Waals surface area contributed by atoms with E-state index in [2.05, 4.69) is 71.4 Å². The van der Waals surface area contributed by atoms with Crippen molar-refractivity contribution < 1.29 is 0 Å². The molecule has 1 saturated carbocycles. The second-order valence-corrected chi connectivity index (χ2v) is 9.02. The molecule has 134 valence electrons. The molecule has 0 N–H and O–H groups in total. The van der Waals surface area contributed by atoms with E-state index in [1.54, 1.807) is 0 Å². The minimum Gasteiger partial charge on any atom is -0.122 e. The summed E-state index contributed by atoms with van der Waals surface area (Å²) >= 11 is 10.3. The highest BCUT2D eigenvalue weighted by atomic mass is 79.9. The van der Waals surface area contributed by atoms with E-state index < -0.39 is 0 Å². The van der Waals surface area contributed by atoms with Gasteiger partial charge in [-0.25, -0.2) is 0 Å². The molecule has 0 nitrogen and oxygen atoms in total. The zero-order valence-corrected chi connectivity index (χ0v) is 17.4. The molecule has 0 aromatic heterocycles. The van der Waals surface area contributed by atoms with E-state index in [1.165, 1.54) is 54.4 Å². The smallest absolute Gasteiger partial charge is 0.0466 e. The molecule has 2 heteroatoms. The lowest BCUT2D eigenvalue weighted by atomic mass is 9.80. The summed E-state index contributed by atoms with van der Waals surface area (Å²) in [6.07, 6.45) is 8.51. The summed E-state index contributed by atoms with van der Waals surface area (Å²) in [5, 5.41) is 0.229. The van der Waals surface area contributed by atoms with Crippen LogP contribution in [0.25, 0.3) is 11.1 Å². The first kappa shape index (κ1) is 19.0. The van der Waals surface area contributed by atoms with Gasteiger partial charge in [0, 0.05) is 10.2 Å². The van der Waals surface area contributed by atoms with Gasteiger partial charge >= 0.3 is 0 Å². The van der Waals surface area contributed by atoms with Crippen molar-refractivity contribution in [3.63, 3.8) is 0 Å². The predicted octanol–water partition coefficient (Wildman–Crippen LogP) is 7.72. The van der Waals surface area contributed by atoms with Gasteiger partial charge in [-0.1, -0.05) is 84.2 Å². The molecule has 1 aliphatic carbocycles. The highest BCUT2D eigenvalue weighted by Gasteiger charge is 2.29. The SMILES string of the molecule is CCCCCc1ccc(-c2ccccc2C2CCC(Br)C(Cl)C2)cc1. The Balaban J connectivity index is 1.79. The van der Waals surface area contributed by atoms with Gasteiger partial charge in [-0.3, -0.25) is 0 Å². The van der Waals surface area contributed by atoms with Gasteiger partial charge in [0.05, 0.1) is 0 Å². The number of hydrogen-bond donors (Lipinski definition) is 0. The maximum absolute atomic E-state index is 6.54. The number of rotatable bonds is 6. The van der Waals surface area contributed by atoms with Crippen molar-refractivity contribution >= 4 is 27.5 Å². The fourth-order valence-corrected chi connectivity index (χ4v) is 4.73. The van der Waals surface area contributed by atoms with Gasteiger partial charge in [0.25, 0.3) is 0 Å². The molecule has 1 fully saturated rings. The highest BCUT2D eigenvalue weighted by Crippen LogP contribution is 2.41. The minimum absolute atomic E-state index is 0.229. The van der Waals surface area contributed by atoms with Crippen LogP contribution < -0.4 is 0 Å². The summed E-state index contributed by atoms with van der Waals surface area (Å²) < 4.78 is 0. The zero-order valence-electron chi connectivity index (χ0n) is 15.1. The average molecular weight is 420 g/mol. The molecule has 3 unspecified atom stereocenters. The number of alkyl halides is 2. The Labute approximate surface area is 166 Å². The van der Waals surface area contributed by atoms with Gasteiger partial charge in [-0.2, -0.15) is 0 Å². The van der Waals surface area contributed by atoms with E-state index >= 15 is 0 Å². The fraction of sp³-hybridized carbons (Fsp3) is 0.478. The third-order valence-electron chi connectivity index (χ3n) is 5.43. The van der Waals surface area contributed by atoms with Crippen molar-refractivity contribution in [1.29, 1.82) is 0 Å². The van der Waals surface area contributed by atoms with Crippen LogP contribution in [-0.2, 0) is 6.42 Å². The quantitative estimate of drug-likeness (QED) is 0.332. The molecule has 0 amide bonds. The number of aryl methyl sites for hydroxylation is 1. The Morgan fingerprint density at radius 1 is 1.00 bits per heavy atom. The molecule has 2 aromatic rings. The summed E-state index contributed by atoms with van der Waals surface area (Å²) in [4.78, 5) is 0.458. The maximum Gasteiger partial charge on any atom is 0.0466 e. The van der Waals surface area contributed by atoms with Crippen LogP contribution in [-0.4, -0.2) is 10.2 Å². The molecular formula is C23H28BrCl. The van der Waals surface area contributed by atoms with Crippen LogP contribution in [0.2, 0.25) is 0 Å². The van der Waals surface area contributed by atoms with Gasteiger partial charge in [0.2, 0.25) is 0 Å². The van der Waals surface area contributed by atoms with Gasteiger partial charge in [0.15, 0.2) is 0 Å². The van der Waals surface area contributed by atoms with Crippen LogP contribution >= 0.6 is 27.5 Å². The maximum atomic E-state index is 6.54. The molecule has 2 aromatic carbocycles. The lowest BCUT2D eigenvalue weighted by molar-refractivity contribution is 0.463. The van der Waals surface area contributed by atoms with Crippen molar-refractivity contribution in [1.82, 2.24) is 0 Å². The summed E-state index contributed by atoms with van der Waals surface area (Å²) in [5.74, 6) is 0.566. The van der Waals surface area contributed by atoms with Crippen molar-refractivity contribution in [2.24, 2.45) is 0 Å². The average Bonchev–Trinajstić information content (AvgIpc) is 2.65. The van der Waals surface area contributed by atoms with Crippen LogP contribution in [0.3, 0.4) is 0 Å². The molecule has 0 saturated heterocycles. The van der Waals surface area contributed by atoms with E-state index in [0.29, 0.717) is 10.7 Å². The molecule has 3 rings (SSSR count). The van der Waals surface area contributed by atoms with Gasteiger partial charge in [0.1, 0.15) is 0 Å². The second-order valence-electron chi connectivity index (χ2n) is 7.28. The van der Waals surface area contributed by atoms with Crippen LogP contribution in [0.4, 0.5) is 0 Å². The summed E-state index contributed by atoms with van der Waals surface area (Å²) in [5.41, 5.74) is 5.63. The largest absolute Gasteiger partial charge is 0.122 e. The van der Waals surface area contributed by atoms with E-state index in [0.717, 1.165) is 12.8 Å². The molecule has 0 radical (unpaired) electrons. The van der Waals surface area contributed by atoms with E-state index in [9.17, 15) is 0 Å². The Bertz CT molecular complexity index is 664. The Hall–Kier alpha value is -0.790. The number of unbranched alkanes of at least 4 members (excludes halogenated alkanes) is 2. The molecular weight excluding hydrogens is 392 g/mol. The van der Waals surface area contributed by atoms with Crippen molar-refractivity contribution in [3.8, 4) is 11.1 Å². The molecule has 0 aliphatic heterocycles. The Morgan fingerprint density at radius 2 is 1.76 bits per heavy atom. The normalized spacial score (nSPS) is 23.6. The van der Waals surface area contributed by atoms with E-state index in [-0.39, 0.29) is 5.38 Å².